The number of aromatic nitrogens is 2. The molecule has 0 saturated carbocycles. The lowest BCUT2D eigenvalue weighted by atomic mass is 10.0. The Labute approximate surface area is 162 Å². The molecule has 0 radical (unpaired) electrons. The van der Waals surface area contributed by atoms with Gasteiger partial charge in [-0.1, -0.05) is 6.07 Å². The first-order valence-electron chi connectivity index (χ1n) is 9.72. The Morgan fingerprint density at radius 3 is 2.75 bits per heavy atom. The van der Waals surface area contributed by atoms with E-state index in [9.17, 15) is 13.2 Å². The van der Waals surface area contributed by atoms with Crippen LogP contribution in [-0.4, -0.2) is 28.0 Å². The third-order valence-corrected chi connectivity index (χ3v) is 5.59. The second-order valence-electron chi connectivity index (χ2n) is 7.61. The van der Waals surface area contributed by atoms with Gasteiger partial charge >= 0.3 is 6.18 Å². The van der Waals surface area contributed by atoms with Gasteiger partial charge in [-0.05, 0) is 61.7 Å². The number of hydrogen-bond acceptors (Lipinski definition) is 2. The van der Waals surface area contributed by atoms with Crippen molar-refractivity contribution in [3.63, 3.8) is 0 Å². The smallest absolute Gasteiger partial charge is 0.344 e. The lowest BCUT2D eigenvalue weighted by Crippen LogP contribution is -2.27. The maximum absolute atomic E-state index is 13.2. The summed E-state index contributed by atoms with van der Waals surface area (Å²) in [6, 6.07) is 8.22. The summed E-state index contributed by atoms with van der Waals surface area (Å²) in [6.07, 6.45) is 3.21. The number of hydrogen-bond donors (Lipinski definition) is 0. The number of fused-ring (bicyclic) bond motifs is 3. The highest BCUT2D eigenvalue weighted by Crippen LogP contribution is 2.36. The minimum atomic E-state index is -4.31. The molecule has 0 bridgehead atoms. The molecule has 3 nitrogen and oxygen atoms in total. The van der Waals surface area contributed by atoms with Crippen LogP contribution in [0, 0.1) is 0 Å². The van der Waals surface area contributed by atoms with Gasteiger partial charge in [0, 0.05) is 55.0 Å². The highest BCUT2D eigenvalue weighted by molar-refractivity contribution is 5.86. The molecule has 0 spiro atoms. The highest BCUT2D eigenvalue weighted by atomic mass is 19.4. The van der Waals surface area contributed by atoms with Gasteiger partial charge in [-0.15, -0.1) is 0 Å². The van der Waals surface area contributed by atoms with E-state index in [1.807, 2.05) is 19.3 Å². The molecule has 2 aromatic heterocycles. The van der Waals surface area contributed by atoms with Crippen LogP contribution in [0.4, 0.5) is 13.2 Å². The predicted molar refractivity (Wildman–Crippen MR) is 104 cm³/mol. The Bertz CT molecular complexity index is 961. The second-order valence-corrected chi connectivity index (χ2v) is 7.61. The number of aryl methyl sites for hydroxylation is 2. The van der Waals surface area contributed by atoms with Crippen molar-refractivity contribution in [2.75, 3.05) is 13.6 Å². The fraction of sp³-hybridized carbons (Fsp3) is 0.409. The van der Waals surface area contributed by atoms with Crippen LogP contribution in [0.25, 0.3) is 10.9 Å². The molecule has 0 saturated heterocycles. The summed E-state index contributed by atoms with van der Waals surface area (Å²) in [7, 11) is 2.02. The largest absolute Gasteiger partial charge is 0.416 e. The number of alkyl halides is 3. The Hall–Kier alpha value is -2.34. The molecular formula is C22H24F3N3. The van der Waals surface area contributed by atoms with Crippen molar-refractivity contribution in [1.82, 2.24) is 14.5 Å². The number of nitrogens with zero attached hydrogens (tertiary/aromatic N) is 3. The van der Waals surface area contributed by atoms with Crippen molar-refractivity contribution in [2.45, 2.75) is 44.9 Å². The van der Waals surface area contributed by atoms with Crippen LogP contribution in [-0.2, 0) is 32.1 Å². The number of halogens is 3. The summed E-state index contributed by atoms with van der Waals surface area (Å²) in [4.78, 5) is 6.32. The SMILES string of the molecule is CN1CCc2c(c3cc(C(F)(F)F)ccc3n2CCCCc2cccnc2)C1. The summed E-state index contributed by atoms with van der Waals surface area (Å²) in [5, 5.41) is 0.753. The van der Waals surface area contributed by atoms with Crippen molar-refractivity contribution in [3.8, 4) is 0 Å². The Morgan fingerprint density at radius 1 is 1.14 bits per heavy atom. The minimum Gasteiger partial charge on any atom is -0.344 e. The fourth-order valence-corrected chi connectivity index (χ4v) is 4.16. The predicted octanol–water partition coefficient (Wildman–Crippen LogP) is 5.07. The molecule has 0 N–H and O–H groups in total. The molecule has 0 amide bonds. The van der Waals surface area contributed by atoms with Crippen LogP contribution in [0.2, 0.25) is 0 Å². The molecule has 6 heteroatoms. The molecular weight excluding hydrogens is 363 g/mol. The Morgan fingerprint density at radius 2 is 2.00 bits per heavy atom. The molecule has 1 aromatic carbocycles. The number of likely N-dealkylation sites (N-methyl/N-ethyl adjacent to an activating group) is 1. The van der Waals surface area contributed by atoms with E-state index in [0.29, 0.717) is 6.54 Å². The van der Waals surface area contributed by atoms with Crippen molar-refractivity contribution in [1.29, 1.82) is 0 Å². The molecule has 0 unspecified atom stereocenters. The average molecular weight is 387 g/mol. The first-order chi connectivity index (χ1) is 13.4. The topological polar surface area (TPSA) is 21.1 Å². The van der Waals surface area contributed by atoms with Crippen LogP contribution < -0.4 is 0 Å². The minimum absolute atomic E-state index is 0.565. The Balaban J connectivity index is 1.60. The normalized spacial score (nSPS) is 15.1. The van der Waals surface area contributed by atoms with Gasteiger partial charge in [-0.3, -0.25) is 4.98 Å². The van der Waals surface area contributed by atoms with Gasteiger partial charge < -0.3 is 9.47 Å². The summed E-state index contributed by atoms with van der Waals surface area (Å²) in [6.45, 7) is 2.47. The van der Waals surface area contributed by atoms with Gasteiger partial charge in [0.1, 0.15) is 0 Å². The third-order valence-electron chi connectivity index (χ3n) is 5.59. The van der Waals surface area contributed by atoms with Crippen LogP contribution in [0.5, 0.6) is 0 Å². The molecule has 0 atom stereocenters. The van der Waals surface area contributed by atoms with Gasteiger partial charge in [0.2, 0.25) is 0 Å². The molecule has 1 aliphatic rings. The molecule has 0 fully saturated rings. The quantitative estimate of drug-likeness (QED) is 0.570. The van der Waals surface area contributed by atoms with Gasteiger partial charge in [-0.25, -0.2) is 0 Å². The lowest BCUT2D eigenvalue weighted by Gasteiger charge is -2.24. The number of benzene rings is 1. The first kappa shape index (κ1) is 19.0. The summed E-state index contributed by atoms with van der Waals surface area (Å²) in [5.41, 5.74) is 3.84. The third kappa shape index (κ3) is 3.78. The molecule has 0 aliphatic carbocycles. The molecule has 4 rings (SSSR count). The monoisotopic (exact) mass is 387 g/mol. The number of unbranched alkanes of at least 4 members (excludes halogenated alkanes) is 1. The second kappa shape index (κ2) is 7.59. The van der Waals surface area contributed by atoms with Gasteiger partial charge in [-0.2, -0.15) is 13.2 Å². The van der Waals surface area contributed by atoms with E-state index in [1.165, 1.54) is 23.4 Å². The zero-order chi connectivity index (χ0) is 19.7. The maximum Gasteiger partial charge on any atom is 0.416 e. The van der Waals surface area contributed by atoms with Gasteiger partial charge in [0.05, 0.1) is 5.56 Å². The molecule has 1 aliphatic heterocycles. The van der Waals surface area contributed by atoms with E-state index in [0.717, 1.165) is 55.2 Å². The zero-order valence-corrected chi connectivity index (χ0v) is 16.0. The molecule has 3 aromatic rings. The van der Waals surface area contributed by atoms with Crippen LogP contribution in [0.15, 0.2) is 42.7 Å². The average Bonchev–Trinajstić information content (AvgIpc) is 2.98. The van der Waals surface area contributed by atoms with Crippen molar-refractivity contribution in [2.24, 2.45) is 0 Å². The van der Waals surface area contributed by atoms with Crippen LogP contribution in [0.1, 0.15) is 35.2 Å². The van der Waals surface area contributed by atoms with E-state index in [-0.39, 0.29) is 0 Å². The van der Waals surface area contributed by atoms with Crippen molar-refractivity contribution in [3.05, 3.63) is 65.1 Å². The highest BCUT2D eigenvalue weighted by Gasteiger charge is 2.32. The lowest BCUT2D eigenvalue weighted by molar-refractivity contribution is -0.137. The van der Waals surface area contributed by atoms with Crippen LogP contribution >= 0.6 is 0 Å². The van der Waals surface area contributed by atoms with E-state index in [1.54, 1.807) is 12.3 Å². The summed E-state index contributed by atoms with van der Waals surface area (Å²) >= 11 is 0. The Kier molecular flexibility index (Phi) is 5.15. The van der Waals surface area contributed by atoms with E-state index in [4.69, 9.17) is 0 Å². The van der Waals surface area contributed by atoms with Gasteiger partial charge in [0.15, 0.2) is 0 Å². The van der Waals surface area contributed by atoms with E-state index < -0.39 is 11.7 Å². The fourth-order valence-electron chi connectivity index (χ4n) is 4.16. The molecule has 148 valence electrons. The summed E-state index contributed by atoms with van der Waals surface area (Å²) in [5.74, 6) is 0. The van der Waals surface area contributed by atoms with Crippen LogP contribution in [0.3, 0.4) is 0 Å². The van der Waals surface area contributed by atoms with Crippen molar-refractivity contribution < 1.29 is 13.2 Å². The van der Waals surface area contributed by atoms with E-state index >= 15 is 0 Å². The zero-order valence-electron chi connectivity index (χ0n) is 16.0. The van der Waals surface area contributed by atoms with Crippen molar-refractivity contribution >= 4 is 10.9 Å². The van der Waals surface area contributed by atoms with E-state index in [2.05, 4.69) is 20.5 Å². The molecule has 28 heavy (non-hydrogen) atoms. The first-order valence-corrected chi connectivity index (χ1v) is 9.72. The van der Waals surface area contributed by atoms with Gasteiger partial charge in [0.25, 0.3) is 0 Å². The summed E-state index contributed by atoms with van der Waals surface area (Å²) < 4.78 is 41.9. The standard InChI is InChI=1S/C22H24F3N3/c1-27-12-9-21-19(15-27)18-13-17(22(23,24)25)7-8-20(18)28(21)11-3-2-5-16-6-4-10-26-14-16/h4,6-8,10,13-14H,2-3,5,9,11-12,15H2,1H3. The number of rotatable bonds is 5. The number of pyridine rings is 1. The maximum atomic E-state index is 13.2. The molecule has 3 heterocycles.